The van der Waals surface area contributed by atoms with Gasteiger partial charge in [0.2, 0.25) is 5.91 Å². The minimum atomic E-state index is -0.459. The zero-order valence-electron chi connectivity index (χ0n) is 42.9. The van der Waals surface area contributed by atoms with Crippen LogP contribution >= 0.6 is 0 Å². The lowest BCUT2D eigenvalue weighted by atomic mass is 9.87. The fourth-order valence-corrected chi connectivity index (χ4v) is 9.49. The predicted octanol–water partition coefficient (Wildman–Crippen LogP) is 15.5. The third-order valence-corrected chi connectivity index (χ3v) is 14.1. The molecule has 366 valence electrons. The van der Waals surface area contributed by atoms with Gasteiger partial charge in [0, 0.05) is 26.1 Å². The van der Waals surface area contributed by atoms with Crippen molar-refractivity contribution < 1.29 is 23.9 Å². The summed E-state index contributed by atoms with van der Waals surface area (Å²) in [5.41, 5.74) is -0.918. The molecule has 1 saturated heterocycles. The quantitative estimate of drug-likeness (QED) is 0.0449. The molecule has 1 aliphatic heterocycles. The van der Waals surface area contributed by atoms with Gasteiger partial charge < -0.3 is 19.3 Å². The standard InChI is InChI=1S/C55H106N2O5/c1-9-13-21-33-49(34-22-14-10-2)37-31-47-61-52(59)54(5,6)40-25-17-19-27-44-57(51(58)39-46-56-42-29-30-43-56)45-28-20-18-26-41-55(7,8)53(60)62-48-32-38-50(35-23-15-11-3)36-24-16-12-4/h49-50H,9-48H2,1-8H3. The van der Waals surface area contributed by atoms with Crippen LogP contribution in [0.25, 0.3) is 0 Å². The Morgan fingerprint density at radius 1 is 0.484 bits per heavy atom. The number of likely N-dealkylation sites (tertiary alicyclic amines) is 1. The smallest absolute Gasteiger partial charge is 0.311 e. The Kier molecular flexibility index (Phi) is 35.4. The van der Waals surface area contributed by atoms with Crippen LogP contribution in [0.15, 0.2) is 0 Å². The number of nitrogens with zero attached hydrogens (tertiary/aromatic N) is 2. The lowest BCUT2D eigenvalue weighted by molar-refractivity contribution is -0.155. The van der Waals surface area contributed by atoms with Crippen LogP contribution in [-0.2, 0) is 23.9 Å². The molecule has 1 fully saturated rings. The molecule has 0 unspecified atom stereocenters. The van der Waals surface area contributed by atoms with Gasteiger partial charge in [0.05, 0.1) is 24.0 Å². The predicted molar refractivity (Wildman–Crippen MR) is 265 cm³/mol. The van der Waals surface area contributed by atoms with Crippen molar-refractivity contribution in [2.75, 3.05) is 45.9 Å². The van der Waals surface area contributed by atoms with Gasteiger partial charge in [0.1, 0.15) is 0 Å². The lowest BCUT2D eigenvalue weighted by Crippen LogP contribution is -2.35. The number of unbranched alkanes of at least 4 members (excludes halogenated alkanes) is 14. The van der Waals surface area contributed by atoms with Crippen molar-refractivity contribution >= 4 is 17.8 Å². The molecular formula is C55H106N2O5. The van der Waals surface area contributed by atoms with Crippen LogP contribution in [0.2, 0.25) is 0 Å². The van der Waals surface area contributed by atoms with Crippen LogP contribution in [-0.4, -0.2) is 73.6 Å². The summed E-state index contributed by atoms with van der Waals surface area (Å²) >= 11 is 0. The minimum absolute atomic E-state index is 0.0471. The van der Waals surface area contributed by atoms with Gasteiger partial charge in [0.15, 0.2) is 0 Å². The number of carbonyl (C=O) groups is 3. The second-order valence-corrected chi connectivity index (χ2v) is 21.0. The molecule has 0 aromatic carbocycles. The third-order valence-electron chi connectivity index (χ3n) is 14.1. The van der Waals surface area contributed by atoms with E-state index in [9.17, 15) is 14.4 Å². The van der Waals surface area contributed by atoms with Crippen LogP contribution in [0.5, 0.6) is 0 Å². The highest BCUT2D eigenvalue weighted by atomic mass is 16.5. The van der Waals surface area contributed by atoms with E-state index in [1.807, 2.05) is 27.7 Å². The largest absolute Gasteiger partial charge is 0.465 e. The summed E-state index contributed by atoms with van der Waals surface area (Å²) in [7, 11) is 0. The first kappa shape index (κ1) is 58.4. The Balaban J connectivity index is 2.43. The van der Waals surface area contributed by atoms with Crippen molar-refractivity contribution in [2.24, 2.45) is 22.7 Å². The summed E-state index contributed by atoms with van der Waals surface area (Å²) in [6, 6.07) is 0. The lowest BCUT2D eigenvalue weighted by Gasteiger charge is -2.25. The van der Waals surface area contributed by atoms with E-state index in [4.69, 9.17) is 9.47 Å². The van der Waals surface area contributed by atoms with Crippen LogP contribution in [0.3, 0.4) is 0 Å². The van der Waals surface area contributed by atoms with Crippen LogP contribution < -0.4 is 0 Å². The van der Waals surface area contributed by atoms with Gasteiger partial charge in [-0.15, -0.1) is 0 Å². The van der Waals surface area contributed by atoms with Gasteiger partial charge in [-0.3, -0.25) is 14.4 Å². The van der Waals surface area contributed by atoms with Crippen molar-refractivity contribution in [3.05, 3.63) is 0 Å². The van der Waals surface area contributed by atoms with Crippen molar-refractivity contribution in [3.63, 3.8) is 0 Å². The monoisotopic (exact) mass is 875 g/mol. The summed E-state index contributed by atoms with van der Waals surface area (Å²) in [5, 5.41) is 0. The maximum Gasteiger partial charge on any atom is 0.311 e. The minimum Gasteiger partial charge on any atom is -0.465 e. The summed E-state index contributed by atoms with van der Waals surface area (Å²) in [4.78, 5) is 44.2. The first-order chi connectivity index (χ1) is 29.9. The van der Waals surface area contributed by atoms with E-state index >= 15 is 0 Å². The Morgan fingerprint density at radius 3 is 1.21 bits per heavy atom. The van der Waals surface area contributed by atoms with Crippen molar-refractivity contribution in [2.45, 2.75) is 267 Å². The highest BCUT2D eigenvalue weighted by Gasteiger charge is 2.30. The molecule has 7 nitrogen and oxygen atoms in total. The van der Waals surface area contributed by atoms with Crippen molar-refractivity contribution in [1.29, 1.82) is 0 Å². The second-order valence-electron chi connectivity index (χ2n) is 21.0. The zero-order chi connectivity index (χ0) is 45.7. The Hall–Kier alpha value is -1.63. The van der Waals surface area contributed by atoms with Gasteiger partial charge in [0.25, 0.3) is 0 Å². The molecule has 0 radical (unpaired) electrons. The number of rotatable bonds is 43. The van der Waals surface area contributed by atoms with E-state index in [1.54, 1.807) is 0 Å². The molecule has 1 amide bonds. The van der Waals surface area contributed by atoms with E-state index in [-0.39, 0.29) is 11.9 Å². The second kappa shape index (κ2) is 37.6. The molecule has 0 aromatic heterocycles. The first-order valence-electron chi connectivity index (χ1n) is 27.2. The molecule has 0 atom stereocenters. The Morgan fingerprint density at radius 2 is 0.839 bits per heavy atom. The first-order valence-corrected chi connectivity index (χ1v) is 27.2. The summed E-state index contributed by atoms with van der Waals surface area (Å²) in [5.74, 6) is 1.75. The number of hydrogen-bond acceptors (Lipinski definition) is 6. The number of hydrogen-bond donors (Lipinski definition) is 0. The number of esters is 2. The Labute approximate surface area is 386 Å². The molecule has 0 aliphatic carbocycles. The third kappa shape index (κ3) is 29.7. The van der Waals surface area contributed by atoms with Gasteiger partial charge in [-0.05, 0) is 117 Å². The van der Waals surface area contributed by atoms with Gasteiger partial charge in [-0.25, -0.2) is 0 Å². The molecule has 1 rings (SSSR count). The van der Waals surface area contributed by atoms with Crippen LogP contribution in [0.4, 0.5) is 0 Å². The fourth-order valence-electron chi connectivity index (χ4n) is 9.49. The SMILES string of the molecule is CCCCCC(CCCCC)CCCOC(=O)C(C)(C)CCCCCCN(CCCCCCC(C)(C)C(=O)OCCCC(CCCCC)CCCCC)C(=O)CCN1CCCC1. The maximum absolute atomic E-state index is 13.5. The molecule has 0 spiro atoms. The highest BCUT2D eigenvalue weighted by Crippen LogP contribution is 2.29. The van der Waals surface area contributed by atoms with E-state index < -0.39 is 10.8 Å². The molecule has 0 saturated carbocycles. The average Bonchev–Trinajstić information content (AvgIpc) is 3.78. The average molecular weight is 875 g/mol. The molecule has 0 N–H and O–H groups in total. The molecule has 0 bridgehead atoms. The van der Waals surface area contributed by atoms with E-state index in [0.717, 1.165) is 122 Å². The summed E-state index contributed by atoms with van der Waals surface area (Å²) in [6.45, 7) is 23.1. The molecule has 1 heterocycles. The molecule has 62 heavy (non-hydrogen) atoms. The molecule has 7 heteroatoms. The van der Waals surface area contributed by atoms with E-state index in [0.29, 0.717) is 25.5 Å². The number of amides is 1. The fraction of sp³-hybridized carbons (Fsp3) is 0.945. The van der Waals surface area contributed by atoms with Gasteiger partial charge >= 0.3 is 11.9 Å². The normalized spacial score (nSPS) is 13.7. The number of ether oxygens (including phenoxy) is 2. The van der Waals surface area contributed by atoms with E-state index in [2.05, 4.69) is 37.5 Å². The van der Waals surface area contributed by atoms with Crippen molar-refractivity contribution in [1.82, 2.24) is 9.80 Å². The number of carbonyl (C=O) groups excluding carboxylic acids is 3. The van der Waals surface area contributed by atoms with E-state index in [1.165, 1.54) is 128 Å². The molecular weight excluding hydrogens is 769 g/mol. The van der Waals surface area contributed by atoms with Crippen LogP contribution in [0.1, 0.15) is 267 Å². The molecule has 1 aliphatic rings. The van der Waals surface area contributed by atoms with Crippen LogP contribution in [0, 0.1) is 22.7 Å². The van der Waals surface area contributed by atoms with Crippen molar-refractivity contribution in [3.8, 4) is 0 Å². The topological polar surface area (TPSA) is 76.1 Å². The maximum atomic E-state index is 13.5. The van der Waals surface area contributed by atoms with Gasteiger partial charge in [-0.1, -0.05) is 169 Å². The summed E-state index contributed by atoms with van der Waals surface area (Å²) in [6.07, 6.45) is 38.4. The zero-order valence-corrected chi connectivity index (χ0v) is 42.9. The highest BCUT2D eigenvalue weighted by molar-refractivity contribution is 5.76. The van der Waals surface area contributed by atoms with Gasteiger partial charge in [-0.2, -0.15) is 0 Å². The molecule has 0 aromatic rings. The summed E-state index contributed by atoms with van der Waals surface area (Å²) < 4.78 is 11.7. The Bertz CT molecular complexity index is 997.